The van der Waals surface area contributed by atoms with E-state index in [1.54, 1.807) is 18.2 Å². The average molecular weight is 325 g/mol. The highest BCUT2D eigenvalue weighted by molar-refractivity contribution is 9.10. The van der Waals surface area contributed by atoms with Crippen LogP contribution >= 0.6 is 15.9 Å². The summed E-state index contributed by atoms with van der Waals surface area (Å²) < 4.78 is 13.4. The second-order valence-corrected chi connectivity index (χ2v) is 4.85. The summed E-state index contributed by atoms with van der Waals surface area (Å²) in [6.07, 6.45) is 0. The molecule has 0 bridgehead atoms. The van der Waals surface area contributed by atoms with Gasteiger partial charge in [-0.15, -0.1) is 0 Å². The zero-order valence-corrected chi connectivity index (χ0v) is 11.4. The van der Waals surface area contributed by atoms with E-state index >= 15 is 0 Å². The van der Waals surface area contributed by atoms with E-state index in [-0.39, 0.29) is 11.5 Å². The van der Waals surface area contributed by atoms with Gasteiger partial charge >= 0.3 is 0 Å². The Kier molecular flexibility index (Phi) is 4.11. The second-order valence-electron chi connectivity index (χ2n) is 3.94. The number of nitrogens with zero attached hydrogens (tertiary/aromatic N) is 1. The molecule has 0 aliphatic carbocycles. The largest absolute Gasteiger partial charge is 0.381 e. The number of rotatable bonds is 4. The maximum absolute atomic E-state index is 12.7. The molecule has 4 nitrogen and oxygen atoms in total. The Morgan fingerprint density at radius 3 is 2.53 bits per heavy atom. The van der Waals surface area contributed by atoms with E-state index in [1.165, 1.54) is 24.3 Å². The molecule has 6 heteroatoms. The van der Waals surface area contributed by atoms with Crippen molar-refractivity contribution in [3.05, 3.63) is 68.4 Å². The van der Waals surface area contributed by atoms with Crippen LogP contribution in [-0.2, 0) is 6.54 Å². The molecule has 0 aliphatic heterocycles. The van der Waals surface area contributed by atoms with E-state index < -0.39 is 4.92 Å². The van der Waals surface area contributed by atoms with E-state index in [0.717, 1.165) is 11.3 Å². The molecule has 0 radical (unpaired) electrons. The van der Waals surface area contributed by atoms with Crippen LogP contribution in [0.4, 0.5) is 15.8 Å². The van der Waals surface area contributed by atoms with Gasteiger partial charge in [0.1, 0.15) is 5.82 Å². The average Bonchev–Trinajstić information content (AvgIpc) is 2.37. The third kappa shape index (κ3) is 3.75. The number of benzene rings is 2. The van der Waals surface area contributed by atoms with E-state index in [1.807, 2.05) is 0 Å². The maximum Gasteiger partial charge on any atom is 0.270 e. The highest BCUT2D eigenvalue weighted by atomic mass is 79.9. The van der Waals surface area contributed by atoms with Crippen molar-refractivity contribution in [3.8, 4) is 0 Å². The Balaban J connectivity index is 2.11. The first-order valence-corrected chi connectivity index (χ1v) is 6.27. The van der Waals surface area contributed by atoms with Crippen LogP contribution in [0.5, 0.6) is 0 Å². The van der Waals surface area contributed by atoms with E-state index in [9.17, 15) is 14.5 Å². The topological polar surface area (TPSA) is 55.2 Å². The van der Waals surface area contributed by atoms with Crippen LogP contribution in [-0.4, -0.2) is 4.92 Å². The SMILES string of the molecule is O=[N+]([O-])c1cc(Br)cc(CNc2ccc(F)cc2)c1. The van der Waals surface area contributed by atoms with Crippen LogP contribution in [0.3, 0.4) is 0 Å². The van der Waals surface area contributed by atoms with Crippen molar-refractivity contribution in [2.75, 3.05) is 5.32 Å². The summed E-state index contributed by atoms with van der Waals surface area (Å²) in [6.45, 7) is 0.423. The number of hydrogen-bond acceptors (Lipinski definition) is 3. The summed E-state index contributed by atoms with van der Waals surface area (Å²) in [5, 5.41) is 13.8. The Morgan fingerprint density at radius 2 is 1.89 bits per heavy atom. The quantitative estimate of drug-likeness (QED) is 0.680. The molecule has 19 heavy (non-hydrogen) atoms. The molecule has 0 heterocycles. The van der Waals surface area contributed by atoms with Crippen molar-refractivity contribution in [1.82, 2.24) is 0 Å². The lowest BCUT2D eigenvalue weighted by atomic mass is 10.2. The molecule has 2 aromatic rings. The van der Waals surface area contributed by atoms with Gasteiger partial charge in [-0.3, -0.25) is 10.1 Å². The van der Waals surface area contributed by atoms with Gasteiger partial charge in [0.2, 0.25) is 0 Å². The smallest absolute Gasteiger partial charge is 0.270 e. The van der Waals surface area contributed by atoms with Gasteiger partial charge in [-0.2, -0.15) is 0 Å². The molecular formula is C13H10BrFN2O2. The molecule has 1 N–H and O–H groups in total. The molecule has 0 saturated heterocycles. The number of nitro groups is 1. The predicted molar refractivity (Wildman–Crippen MR) is 74.5 cm³/mol. The van der Waals surface area contributed by atoms with E-state index in [0.29, 0.717) is 11.0 Å². The number of hydrogen-bond donors (Lipinski definition) is 1. The van der Waals surface area contributed by atoms with Gasteiger partial charge in [0.05, 0.1) is 4.92 Å². The van der Waals surface area contributed by atoms with Crippen LogP contribution in [0.2, 0.25) is 0 Å². The zero-order chi connectivity index (χ0) is 13.8. The third-order valence-corrected chi connectivity index (χ3v) is 2.95. The summed E-state index contributed by atoms with van der Waals surface area (Å²) in [7, 11) is 0. The van der Waals surface area contributed by atoms with Gasteiger partial charge in [-0.05, 0) is 35.9 Å². The van der Waals surface area contributed by atoms with Gasteiger partial charge in [-0.25, -0.2) is 4.39 Å². The number of anilines is 1. The second kappa shape index (κ2) is 5.79. The number of nitro benzene ring substituents is 1. The van der Waals surface area contributed by atoms with Gasteiger partial charge in [0, 0.05) is 28.8 Å². The molecule has 0 spiro atoms. The number of non-ortho nitro benzene ring substituents is 1. The molecule has 0 saturated carbocycles. The summed E-state index contributed by atoms with van der Waals surface area (Å²) in [5.74, 6) is -0.302. The summed E-state index contributed by atoms with van der Waals surface area (Å²) in [6, 6.07) is 10.7. The normalized spacial score (nSPS) is 10.2. The number of halogens is 2. The van der Waals surface area contributed by atoms with Crippen LogP contribution in [0.25, 0.3) is 0 Å². The Labute approximate surface area is 117 Å². The molecule has 0 atom stereocenters. The van der Waals surface area contributed by atoms with Gasteiger partial charge in [0.15, 0.2) is 0 Å². The van der Waals surface area contributed by atoms with Crippen molar-refractivity contribution < 1.29 is 9.31 Å². The Bertz CT molecular complexity index is 602. The zero-order valence-electron chi connectivity index (χ0n) is 9.77. The fourth-order valence-corrected chi connectivity index (χ4v) is 2.14. The molecule has 0 amide bonds. The van der Waals surface area contributed by atoms with Crippen LogP contribution in [0, 0.1) is 15.9 Å². The molecular weight excluding hydrogens is 315 g/mol. The van der Waals surface area contributed by atoms with Gasteiger partial charge in [0.25, 0.3) is 5.69 Å². The van der Waals surface area contributed by atoms with Crippen molar-refractivity contribution in [1.29, 1.82) is 0 Å². The highest BCUT2D eigenvalue weighted by Crippen LogP contribution is 2.22. The minimum absolute atomic E-state index is 0.0327. The molecule has 0 unspecified atom stereocenters. The lowest BCUT2D eigenvalue weighted by molar-refractivity contribution is -0.385. The summed E-state index contributed by atoms with van der Waals surface area (Å²) in [4.78, 5) is 10.3. The van der Waals surface area contributed by atoms with E-state index in [4.69, 9.17) is 0 Å². The lowest BCUT2D eigenvalue weighted by Crippen LogP contribution is -2.00. The Morgan fingerprint density at radius 1 is 1.21 bits per heavy atom. The van der Waals surface area contributed by atoms with Crippen LogP contribution in [0.1, 0.15) is 5.56 Å². The summed E-state index contributed by atoms with van der Waals surface area (Å²) in [5.41, 5.74) is 1.56. The minimum atomic E-state index is -0.438. The maximum atomic E-state index is 12.7. The van der Waals surface area contributed by atoms with Crippen molar-refractivity contribution >= 4 is 27.3 Å². The van der Waals surface area contributed by atoms with Crippen molar-refractivity contribution in [2.24, 2.45) is 0 Å². The first-order chi connectivity index (χ1) is 9.04. The first-order valence-electron chi connectivity index (χ1n) is 5.48. The lowest BCUT2D eigenvalue weighted by Gasteiger charge is -2.07. The van der Waals surface area contributed by atoms with E-state index in [2.05, 4.69) is 21.2 Å². The molecule has 2 aromatic carbocycles. The Hall–Kier alpha value is -1.95. The highest BCUT2D eigenvalue weighted by Gasteiger charge is 2.08. The van der Waals surface area contributed by atoms with Crippen molar-refractivity contribution in [2.45, 2.75) is 6.54 Å². The van der Waals surface area contributed by atoms with Crippen molar-refractivity contribution in [3.63, 3.8) is 0 Å². The third-order valence-electron chi connectivity index (χ3n) is 2.49. The molecule has 98 valence electrons. The monoisotopic (exact) mass is 324 g/mol. The van der Waals surface area contributed by atoms with Gasteiger partial charge in [-0.1, -0.05) is 15.9 Å². The predicted octanol–water partition coefficient (Wildman–Crippen LogP) is 4.11. The number of nitrogens with one attached hydrogen (secondary N) is 1. The fraction of sp³-hybridized carbons (Fsp3) is 0.0769. The fourth-order valence-electron chi connectivity index (χ4n) is 1.61. The molecule has 0 aromatic heterocycles. The minimum Gasteiger partial charge on any atom is -0.381 e. The molecule has 2 rings (SSSR count). The summed E-state index contributed by atoms with van der Waals surface area (Å²) >= 11 is 3.24. The van der Waals surface area contributed by atoms with Gasteiger partial charge < -0.3 is 5.32 Å². The molecule has 0 fully saturated rings. The molecule has 0 aliphatic rings. The van der Waals surface area contributed by atoms with Crippen LogP contribution in [0.15, 0.2) is 46.9 Å². The van der Waals surface area contributed by atoms with Crippen LogP contribution < -0.4 is 5.32 Å². The first kappa shape index (κ1) is 13.5. The standard InChI is InChI=1S/C13H10BrFN2O2/c14-10-5-9(6-13(7-10)17(18)19)8-16-12-3-1-11(15)2-4-12/h1-7,16H,8H2.